The number of piperidine rings is 2. The molecule has 6 heterocycles. The molecule has 2 aromatic carbocycles. The lowest BCUT2D eigenvalue weighted by atomic mass is 9.65. The van der Waals surface area contributed by atoms with Gasteiger partial charge >= 0.3 is 12.2 Å². The van der Waals surface area contributed by atoms with E-state index < -0.39 is 23.8 Å². The number of aromatic nitrogens is 3. The summed E-state index contributed by atoms with van der Waals surface area (Å²) < 4.78 is 41.1. The van der Waals surface area contributed by atoms with Gasteiger partial charge in [-0.1, -0.05) is 23.7 Å². The van der Waals surface area contributed by atoms with Crippen LogP contribution in [0.4, 0.5) is 35.3 Å². The molecule has 5 amide bonds. The van der Waals surface area contributed by atoms with E-state index >= 15 is 0 Å². The molecular formula is C50H60ClF3N10O4. The van der Waals surface area contributed by atoms with Crippen molar-refractivity contribution in [1.29, 1.82) is 0 Å². The van der Waals surface area contributed by atoms with E-state index in [9.17, 15) is 32.3 Å². The number of carbonyl (C=O) groups is 4. The molecule has 4 aromatic rings. The minimum Gasteiger partial charge on any atom is -0.362 e. The molecule has 1 aliphatic carbocycles. The molecule has 1 saturated carbocycles. The van der Waals surface area contributed by atoms with Crippen LogP contribution < -0.4 is 20.4 Å². The Morgan fingerprint density at radius 1 is 0.868 bits per heavy atom. The Labute approximate surface area is 399 Å². The minimum absolute atomic E-state index is 0.0196. The maximum absolute atomic E-state index is 13.8. The van der Waals surface area contributed by atoms with Crippen LogP contribution in [0.25, 0.3) is 10.8 Å². The average Bonchev–Trinajstić information content (AvgIpc) is 3.33. The maximum Gasteiger partial charge on any atom is 0.416 e. The zero-order chi connectivity index (χ0) is 47.9. The van der Waals surface area contributed by atoms with Crippen molar-refractivity contribution in [3.8, 4) is 0 Å². The Hall–Kier alpha value is -5.55. The predicted molar refractivity (Wildman–Crippen MR) is 255 cm³/mol. The van der Waals surface area contributed by atoms with Crippen LogP contribution in [0.3, 0.4) is 0 Å². The highest BCUT2D eigenvalue weighted by molar-refractivity contribution is 6.34. The van der Waals surface area contributed by atoms with E-state index in [1.807, 2.05) is 29.7 Å². The first-order valence-electron chi connectivity index (χ1n) is 24.1. The number of carbonyl (C=O) groups excluding carboxylic acids is 4. The number of hydrogen-bond donors (Lipinski definition) is 2. The molecule has 18 heteroatoms. The van der Waals surface area contributed by atoms with E-state index in [-0.39, 0.29) is 47.6 Å². The molecule has 2 aromatic heterocycles. The molecule has 362 valence electrons. The Morgan fingerprint density at radius 3 is 2.28 bits per heavy atom. The number of fused-ring (bicyclic) bond motifs is 1. The van der Waals surface area contributed by atoms with Gasteiger partial charge in [-0.2, -0.15) is 18.3 Å². The van der Waals surface area contributed by atoms with Crippen molar-refractivity contribution in [1.82, 2.24) is 35.2 Å². The fraction of sp³-hybridized carbons (Fsp3) is 0.540. The zero-order valence-corrected chi connectivity index (χ0v) is 39.8. The van der Waals surface area contributed by atoms with E-state index in [0.29, 0.717) is 78.5 Å². The van der Waals surface area contributed by atoms with E-state index in [0.717, 1.165) is 80.8 Å². The fourth-order valence-electron chi connectivity index (χ4n) is 11.3. The van der Waals surface area contributed by atoms with Crippen LogP contribution in [0.15, 0.2) is 48.7 Å². The van der Waals surface area contributed by atoms with E-state index in [4.69, 9.17) is 16.6 Å². The SMILES string of the molecule is Cc1c([C@@H](C)Nc2nnc(C)c3cnc(N4CCN(C(=O)C5CCN(CC6CCC7(CC6)CCN(C(=O)c6ccc(Cl)c(N8CCC(=O)NC8=O)c6)CC7)CC5)CC4)cc23)cccc1C(F)(F)F. The highest BCUT2D eigenvalue weighted by atomic mass is 35.5. The van der Waals surface area contributed by atoms with Gasteiger partial charge in [0.2, 0.25) is 11.8 Å². The number of aryl methyl sites for hydroxylation is 1. The summed E-state index contributed by atoms with van der Waals surface area (Å²) >= 11 is 6.44. The second-order valence-electron chi connectivity index (χ2n) is 19.6. The molecule has 9 rings (SSSR count). The average molecular weight is 958 g/mol. The van der Waals surface area contributed by atoms with Crippen molar-refractivity contribution in [2.75, 3.05) is 80.6 Å². The number of nitrogens with one attached hydrogen (secondary N) is 2. The molecular weight excluding hydrogens is 897 g/mol. The summed E-state index contributed by atoms with van der Waals surface area (Å²) in [5.74, 6) is 1.71. The summed E-state index contributed by atoms with van der Waals surface area (Å²) in [4.78, 5) is 66.5. The number of alkyl halides is 3. The van der Waals surface area contributed by atoms with Crippen LogP contribution in [0.1, 0.15) is 103 Å². The number of hydrogen-bond acceptors (Lipinski definition) is 10. The number of imide groups is 1. The van der Waals surface area contributed by atoms with E-state index in [2.05, 4.69) is 30.6 Å². The number of urea groups is 1. The topological polar surface area (TPSA) is 147 Å². The van der Waals surface area contributed by atoms with Gasteiger partial charge < -0.3 is 24.9 Å². The third-order valence-electron chi connectivity index (χ3n) is 15.5. The summed E-state index contributed by atoms with van der Waals surface area (Å²) in [6, 6.07) is 10.2. The van der Waals surface area contributed by atoms with Gasteiger partial charge in [0.15, 0.2) is 5.82 Å². The van der Waals surface area contributed by atoms with Crippen LogP contribution in [0.2, 0.25) is 5.02 Å². The smallest absolute Gasteiger partial charge is 0.362 e. The lowest BCUT2D eigenvalue weighted by Crippen LogP contribution is -2.52. The summed E-state index contributed by atoms with van der Waals surface area (Å²) in [6.07, 6.45) is 5.85. The maximum atomic E-state index is 13.8. The van der Waals surface area contributed by atoms with Crippen LogP contribution in [0.5, 0.6) is 0 Å². The normalized spacial score (nSPS) is 20.5. The van der Waals surface area contributed by atoms with Crippen molar-refractivity contribution in [3.63, 3.8) is 0 Å². The van der Waals surface area contributed by atoms with Gasteiger partial charge in [-0.3, -0.25) is 24.6 Å². The van der Waals surface area contributed by atoms with Crippen molar-refractivity contribution < 1.29 is 32.3 Å². The highest BCUT2D eigenvalue weighted by Crippen LogP contribution is 2.47. The van der Waals surface area contributed by atoms with E-state index in [1.54, 1.807) is 30.5 Å². The third-order valence-corrected chi connectivity index (χ3v) is 15.8. The number of piperazine rings is 1. The first kappa shape index (κ1) is 47.5. The molecule has 1 spiro atoms. The number of nitrogens with zero attached hydrogens (tertiary/aromatic N) is 8. The van der Waals surface area contributed by atoms with Gasteiger partial charge in [0, 0.05) is 87.2 Å². The molecule has 4 saturated heterocycles. The molecule has 14 nitrogen and oxygen atoms in total. The molecule has 0 radical (unpaired) electrons. The van der Waals surface area contributed by atoms with Gasteiger partial charge in [-0.25, -0.2) is 9.78 Å². The fourth-order valence-corrected chi connectivity index (χ4v) is 11.5. The summed E-state index contributed by atoms with van der Waals surface area (Å²) in [5.41, 5.74) is 1.92. The summed E-state index contributed by atoms with van der Waals surface area (Å²) in [5, 5.41) is 16.3. The molecule has 5 aliphatic rings. The molecule has 0 bridgehead atoms. The summed E-state index contributed by atoms with van der Waals surface area (Å²) in [6.45, 7) is 12.1. The molecule has 5 fully saturated rings. The van der Waals surface area contributed by atoms with Gasteiger partial charge in [0.05, 0.1) is 28.0 Å². The van der Waals surface area contributed by atoms with Gasteiger partial charge in [0.25, 0.3) is 5.91 Å². The van der Waals surface area contributed by atoms with Crippen LogP contribution in [0, 0.1) is 31.1 Å². The second-order valence-corrected chi connectivity index (χ2v) is 20.1. The van der Waals surface area contributed by atoms with Crippen molar-refractivity contribution in [2.24, 2.45) is 17.3 Å². The lowest BCUT2D eigenvalue weighted by molar-refractivity contribution is -0.138. The van der Waals surface area contributed by atoms with E-state index in [1.165, 1.54) is 30.7 Å². The number of benzene rings is 2. The van der Waals surface area contributed by atoms with Crippen molar-refractivity contribution in [2.45, 2.75) is 90.8 Å². The molecule has 0 unspecified atom stereocenters. The number of rotatable bonds is 9. The molecule has 1 atom stereocenters. The largest absolute Gasteiger partial charge is 0.416 e. The van der Waals surface area contributed by atoms with Crippen LogP contribution in [-0.2, 0) is 15.8 Å². The number of pyridine rings is 1. The Kier molecular flexibility index (Phi) is 13.6. The van der Waals surface area contributed by atoms with Crippen molar-refractivity contribution in [3.05, 3.63) is 81.6 Å². The first-order valence-corrected chi connectivity index (χ1v) is 24.5. The number of likely N-dealkylation sites (tertiary alicyclic amines) is 2. The standard InChI is InChI=1S/C50H60ClF3N10O4/c1-31-37(5-4-6-40(31)50(52,53)54)32(2)56-45-38-28-43(55-29-39(38)33(3)58-59-45)61-23-25-63(26-24-61)46(66)35-11-18-60(19-12-35)30-34-9-14-49(15-10-34)16-21-62(22-17-49)47(67)36-7-8-41(51)42(27-36)64-20-13-44(65)57-48(64)68/h4-8,27-29,32,34-35H,9-26,30H2,1-3H3,(H,56,59)(H,57,65,68)/t32-/m1/s1. The first-order chi connectivity index (χ1) is 32.6. The van der Waals surface area contributed by atoms with Gasteiger partial charge in [-0.05, 0) is 138 Å². The number of amides is 5. The Balaban J connectivity index is 0.718. The Bertz CT molecular complexity index is 2560. The van der Waals surface area contributed by atoms with Gasteiger partial charge in [0.1, 0.15) is 5.82 Å². The van der Waals surface area contributed by atoms with Crippen LogP contribution >= 0.6 is 11.6 Å². The summed E-state index contributed by atoms with van der Waals surface area (Å²) in [7, 11) is 0. The Morgan fingerprint density at radius 2 is 1.59 bits per heavy atom. The molecule has 4 aliphatic heterocycles. The molecule has 2 N–H and O–H groups in total. The molecule has 68 heavy (non-hydrogen) atoms. The van der Waals surface area contributed by atoms with Gasteiger partial charge in [-0.15, -0.1) is 5.10 Å². The lowest BCUT2D eigenvalue weighted by Gasteiger charge is -2.47. The highest BCUT2D eigenvalue weighted by Gasteiger charge is 2.41. The predicted octanol–water partition coefficient (Wildman–Crippen LogP) is 8.41. The van der Waals surface area contributed by atoms with Crippen LogP contribution in [-0.4, -0.2) is 119 Å². The zero-order valence-electron chi connectivity index (χ0n) is 39.0. The number of anilines is 3. The van der Waals surface area contributed by atoms with Crippen molar-refractivity contribution >= 4 is 63.4 Å². The second kappa shape index (κ2) is 19.4. The number of halogens is 4. The minimum atomic E-state index is -4.45. The third kappa shape index (κ3) is 9.96. The quantitative estimate of drug-likeness (QED) is 0.168. The monoisotopic (exact) mass is 956 g/mol.